The predicted molar refractivity (Wildman–Crippen MR) is 83.3 cm³/mol. The van der Waals surface area contributed by atoms with Crippen LogP contribution in [0.4, 0.5) is 0 Å². The van der Waals surface area contributed by atoms with E-state index in [0.717, 1.165) is 18.8 Å². The summed E-state index contributed by atoms with van der Waals surface area (Å²) in [6.45, 7) is 3.36. The van der Waals surface area contributed by atoms with Crippen LogP contribution in [0.2, 0.25) is 0 Å². The van der Waals surface area contributed by atoms with E-state index in [4.69, 9.17) is 4.74 Å². The number of nitrogens with one attached hydrogen (secondary N) is 1. The zero-order valence-corrected chi connectivity index (χ0v) is 13.1. The largest absolute Gasteiger partial charge is 0.496 e. The maximum Gasteiger partial charge on any atom is 0.123 e. The lowest BCUT2D eigenvalue weighted by atomic mass is 10.1. The molecule has 1 aromatic carbocycles. The standard InChI is InChI=1S/C16H27N3O/c1-17-15(14-7-5-6-8-16(14)20-4)12-19-10-9-13(11-19)18(2)3/h5-8,13,15,17H,9-12H2,1-4H3. The van der Waals surface area contributed by atoms with Gasteiger partial charge in [-0.25, -0.2) is 0 Å². The van der Waals surface area contributed by atoms with Crippen molar-refractivity contribution in [2.45, 2.75) is 18.5 Å². The number of hydrogen-bond acceptors (Lipinski definition) is 4. The van der Waals surface area contributed by atoms with E-state index in [9.17, 15) is 0 Å². The Labute approximate surface area is 122 Å². The smallest absolute Gasteiger partial charge is 0.123 e. The Morgan fingerprint density at radius 3 is 2.75 bits per heavy atom. The summed E-state index contributed by atoms with van der Waals surface area (Å²) in [7, 11) is 8.11. The molecule has 2 atom stereocenters. The molecule has 1 heterocycles. The van der Waals surface area contributed by atoms with Crippen molar-refractivity contribution in [1.29, 1.82) is 0 Å². The minimum absolute atomic E-state index is 0.312. The van der Waals surface area contributed by atoms with Crippen LogP contribution in [-0.2, 0) is 0 Å². The number of benzene rings is 1. The van der Waals surface area contributed by atoms with Crippen LogP contribution in [0.5, 0.6) is 5.75 Å². The van der Waals surface area contributed by atoms with Crippen LogP contribution >= 0.6 is 0 Å². The van der Waals surface area contributed by atoms with Gasteiger partial charge in [0.15, 0.2) is 0 Å². The van der Waals surface area contributed by atoms with E-state index in [0.29, 0.717) is 12.1 Å². The average molecular weight is 277 g/mol. The molecule has 4 nitrogen and oxygen atoms in total. The van der Waals surface area contributed by atoms with Gasteiger partial charge in [-0.15, -0.1) is 0 Å². The van der Waals surface area contributed by atoms with Crippen LogP contribution in [0.1, 0.15) is 18.0 Å². The number of hydrogen-bond donors (Lipinski definition) is 1. The van der Waals surface area contributed by atoms with Crippen LogP contribution in [0.25, 0.3) is 0 Å². The van der Waals surface area contributed by atoms with Gasteiger partial charge in [-0.2, -0.15) is 0 Å². The van der Waals surface area contributed by atoms with E-state index in [-0.39, 0.29) is 0 Å². The minimum Gasteiger partial charge on any atom is -0.496 e. The van der Waals surface area contributed by atoms with Crippen molar-refractivity contribution in [2.24, 2.45) is 0 Å². The first-order chi connectivity index (χ1) is 9.65. The highest BCUT2D eigenvalue weighted by molar-refractivity contribution is 5.36. The van der Waals surface area contributed by atoms with Gasteiger partial charge in [-0.3, -0.25) is 4.90 Å². The van der Waals surface area contributed by atoms with Gasteiger partial charge in [0.1, 0.15) is 5.75 Å². The maximum absolute atomic E-state index is 5.49. The zero-order chi connectivity index (χ0) is 14.5. The number of rotatable bonds is 6. The zero-order valence-electron chi connectivity index (χ0n) is 13.1. The summed E-state index contributed by atoms with van der Waals surface area (Å²) in [5.41, 5.74) is 1.24. The van der Waals surface area contributed by atoms with E-state index in [1.165, 1.54) is 18.5 Å². The van der Waals surface area contributed by atoms with Crippen molar-refractivity contribution in [1.82, 2.24) is 15.1 Å². The van der Waals surface area contributed by atoms with Crippen molar-refractivity contribution >= 4 is 0 Å². The van der Waals surface area contributed by atoms with Gasteiger partial charge in [0.25, 0.3) is 0 Å². The summed E-state index contributed by atoms with van der Waals surface area (Å²) in [5.74, 6) is 0.968. The van der Waals surface area contributed by atoms with E-state index in [1.54, 1.807) is 7.11 Å². The summed E-state index contributed by atoms with van der Waals surface area (Å²) < 4.78 is 5.49. The van der Waals surface area contributed by atoms with Crippen molar-refractivity contribution in [3.05, 3.63) is 29.8 Å². The molecule has 0 spiro atoms. The van der Waals surface area contributed by atoms with Gasteiger partial charge >= 0.3 is 0 Å². The third-order valence-corrected chi connectivity index (χ3v) is 4.28. The van der Waals surface area contributed by atoms with E-state index in [2.05, 4.69) is 41.3 Å². The Balaban J connectivity index is 2.03. The number of ether oxygens (including phenoxy) is 1. The van der Waals surface area contributed by atoms with Gasteiger partial charge in [-0.1, -0.05) is 18.2 Å². The summed E-state index contributed by atoms with van der Waals surface area (Å²) in [6, 6.07) is 9.28. The summed E-state index contributed by atoms with van der Waals surface area (Å²) >= 11 is 0. The Bertz CT molecular complexity index is 422. The molecule has 1 aromatic rings. The second kappa shape index (κ2) is 7.07. The van der Waals surface area contributed by atoms with Gasteiger partial charge in [0, 0.05) is 30.7 Å². The number of nitrogens with zero attached hydrogens (tertiary/aromatic N) is 2. The molecule has 1 aliphatic rings. The molecule has 2 rings (SSSR count). The first-order valence-electron chi connectivity index (χ1n) is 7.34. The number of likely N-dealkylation sites (N-methyl/N-ethyl adjacent to an activating group) is 2. The van der Waals surface area contributed by atoms with Crippen molar-refractivity contribution in [3.8, 4) is 5.75 Å². The highest BCUT2D eigenvalue weighted by Gasteiger charge is 2.26. The molecule has 1 aliphatic heterocycles. The molecule has 0 amide bonds. The molecule has 0 radical (unpaired) electrons. The number of para-hydroxylation sites is 1. The fourth-order valence-corrected chi connectivity index (χ4v) is 2.96. The highest BCUT2D eigenvalue weighted by Crippen LogP contribution is 2.26. The van der Waals surface area contributed by atoms with Gasteiger partial charge in [0.05, 0.1) is 7.11 Å². The third-order valence-electron chi connectivity index (χ3n) is 4.28. The molecule has 1 fully saturated rings. The molecule has 1 saturated heterocycles. The van der Waals surface area contributed by atoms with E-state index in [1.807, 2.05) is 19.2 Å². The minimum atomic E-state index is 0.312. The Morgan fingerprint density at radius 2 is 2.15 bits per heavy atom. The second-order valence-electron chi connectivity index (χ2n) is 5.75. The van der Waals surface area contributed by atoms with Crippen LogP contribution < -0.4 is 10.1 Å². The summed E-state index contributed by atoms with van der Waals surface area (Å²) in [6.07, 6.45) is 1.26. The van der Waals surface area contributed by atoms with Gasteiger partial charge in [0.2, 0.25) is 0 Å². The normalized spacial score (nSPS) is 21.4. The molecule has 20 heavy (non-hydrogen) atoms. The van der Waals surface area contributed by atoms with Crippen LogP contribution in [-0.4, -0.2) is 63.7 Å². The summed E-state index contributed by atoms with van der Waals surface area (Å²) in [5, 5.41) is 3.43. The van der Waals surface area contributed by atoms with E-state index < -0.39 is 0 Å². The van der Waals surface area contributed by atoms with Crippen molar-refractivity contribution < 1.29 is 4.74 Å². The fraction of sp³-hybridized carbons (Fsp3) is 0.625. The lowest BCUT2D eigenvalue weighted by Crippen LogP contribution is -2.36. The fourth-order valence-electron chi connectivity index (χ4n) is 2.96. The average Bonchev–Trinajstić information content (AvgIpc) is 2.93. The molecular formula is C16H27N3O. The van der Waals surface area contributed by atoms with Gasteiger partial charge in [-0.05, 0) is 40.2 Å². The molecule has 0 saturated carbocycles. The molecule has 1 N–H and O–H groups in total. The van der Waals surface area contributed by atoms with Gasteiger partial charge < -0.3 is 15.0 Å². The van der Waals surface area contributed by atoms with Crippen LogP contribution in [0.3, 0.4) is 0 Å². The summed E-state index contributed by atoms with van der Waals surface area (Å²) in [4.78, 5) is 4.87. The topological polar surface area (TPSA) is 27.7 Å². The molecule has 2 unspecified atom stereocenters. The third kappa shape index (κ3) is 3.51. The van der Waals surface area contributed by atoms with Crippen LogP contribution in [0, 0.1) is 0 Å². The lowest BCUT2D eigenvalue weighted by molar-refractivity contribution is 0.252. The SMILES string of the molecule is CNC(CN1CCC(N(C)C)C1)c1ccccc1OC. The molecule has 0 aliphatic carbocycles. The lowest BCUT2D eigenvalue weighted by Gasteiger charge is -2.26. The Kier molecular flexibility index (Phi) is 5.40. The second-order valence-corrected chi connectivity index (χ2v) is 5.75. The molecule has 0 bridgehead atoms. The van der Waals surface area contributed by atoms with Crippen molar-refractivity contribution in [2.75, 3.05) is 47.9 Å². The predicted octanol–water partition coefficient (Wildman–Crippen LogP) is 1.59. The monoisotopic (exact) mass is 277 g/mol. The quantitative estimate of drug-likeness (QED) is 0.854. The van der Waals surface area contributed by atoms with E-state index >= 15 is 0 Å². The highest BCUT2D eigenvalue weighted by atomic mass is 16.5. The maximum atomic E-state index is 5.49. The first kappa shape index (κ1) is 15.3. The Hall–Kier alpha value is -1.10. The molecular weight excluding hydrogens is 250 g/mol. The van der Waals surface area contributed by atoms with Crippen molar-refractivity contribution in [3.63, 3.8) is 0 Å². The number of likely N-dealkylation sites (tertiary alicyclic amines) is 1. The van der Waals surface area contributed by atoms with Crippen LogP contribution in [0.15, 0.2) is 24.3 Å². The first-order valence-corrected chi connectivity index (χ1v) is 7.34. The molecule has 112 valence electrons. The molecule has 0 aromatic heterocycles. The molecule has 4 heteroatoms. The number of methoxy groups -OCH3 is 1. The Morgan fingerprint density at radius 1 is 1.40 bits per heavy atom.